The molecule has 0 spiro atoms. The fraction of sp³-hybridized carbons (Fsp3) is 0.476. The second-order valence-corrected chi connectivity index (χ2v) is 7.68. The van der Waals surface area contributed by atoms with Gasteiger partial charge in [0.15, 0.2) is 5.78 Å². The molecule has 0 unspecified atom stereocenters. The molecule has 1 saturated carbocycles. The minimum absolute atomic E-state index is 0.146. The standard InChI is InChI=1S/C21H26N2O2/c1-13-18-11-23(12-19(14(2)24)17(18)9-21(13)25)8-7-15-10-22-20-6-4-3-5-16(15)20/h3-6,10,12-13,17-18,21-22,25H,7-9,11H2,1-2H3/t13-,17+,18-,21+/m1/s1. The number of aliphatic hydroxyl groups is 1. The molecule has 0 saturated heterocycles. The van der Waals surface area contributed by atoms with Gasteiger partial charge in [0.25, 0.3) is 0 Å². The number of carbonyl (C=O) groups excluding carboxylic acids is 1. The van der Waals surface area contributed by atoms with E-state index in [0.717, 1.165) is 31.5 Å². The number of fused-ring (bicyclic) bond motifs is 2. The third-order valence-corrected chi connectivity index (χ3v) is 6.21. The van der Waals surface area contributed by atoms with Gasteiger partial charge in [0.05, 0.1) is 6.10 Å². The predicted molar refractivity (Wildman–Crippen MR) is 99.1 cm³/mol. The topological polar surface area (TPSA) is 56.3 Å². The number of allylic oxidation sites excluding steroid dienone is 1. The summed E-state index contributed by atoms with van der Waals surface area (Å²) in [7, 11) is 0. The van der Waals surface area contributed by atoms with E-state index in [1.54, 1.807) is 6.92 Å². The van der Waals surface area contributed by atoms with Crippen molar-refractivity contribution in [2.75, 3.05) is 13.1 Å². The molecule has 2 aliphatic rings. The van der Waals surface area contributed by atoms with Gasteiger partial charge in [-0.3, -0.25) is 4.79 Å². The molecular formula is C21H26N2O2. The lowest BCUT2D eigenvalue weighted by atomic mass is 9.81. The van der Waals surface area contributed by atoms with E-state index >= 15 is 0 Å². The number of hydrogen-bond acceptors (Lipinski definition) is 3. The van der Waals surface area contributed by atoms with Gasteiger partial charge in [0.2, 0.25) is 0 Å². The molecule has 2 aromatic rings. The molecule has 1 aromatic heterocycles. The Labute approximate surface area is 148 Å². The second kappa shape index (κ2) is 6.34. The van der Waals surface area contributed by atoms with E-state index in [0.29, 0.717) is 5.92 Å². The van der Waals surface area contributed by atoms with Crippen molar-refractivity contribution in [3.05, 3.63) is 47.8 Å². The van der Waals surface area contributed by atoms with Crippen LogP contribution in [0.3, 0.4) is 0 Å². The highest BCUT2D eigenvalue weighted by atomic mass is 16.3. The number of ketones is 1. The Bertz CT molecular complexity index is 822. The fourth-order valence-corrected chi connectivity index (χ4v) is 4.68. The molecular weight excluding hydrogens is 312 g/mol. The number of aromatic nitrogens is 1. The number of aromatic amines is 1. The van der Waals surface area contributed by atoms with E-state index in [-0.39, 0.29) is 23.7 Å². The number of benzene rings is 1. The van der Waals surface area contributed by atoms with Gasteiger partial charge in [-0.1, -0.05) is 25.1 Å². The summed E-state index contributed by atoms with van der Waals surface area (Å²) in [6, 6.07) is 8.36. The largest absolute Gasteiger partial charge is 0.393 e. The molecule has 1 fully saturated rings. The number of Topliss-reactive ketones (excluding diaryl/α,β-unsaturated/α-hetero) is 1. The van der Waals surface area contributed by atoms with Crippen molar-refractivity contribution < 1.29 is 9.90 Å². The van der Waals surface area contributed by atoms with Crippen LogP contribution in [0.4, 0.5) is 0 Å². The van der Waals surface area contributed by atoms with Gasteiger partial charge in [-0.05, 0) is 49.1 Å². The quantitative estimate of drug-likeness (QED) is 0.900. The Kier molecular flexibility index (Phi) is 4.16. The average molecular weight is 338 g/mol. The van der Waals surface area contributed by atoms with Gasteiger partial charge in [-0.2, -0.15) is 0 Å². The van der Waals surface area contributed by atoms with Crippen molar-refractivity contribution in [1.82, 2.24) is 9.88 Å². The Balaban J connectivity index is 1.53. The minimum Gasteiger partial charge on any atom is -0.393 e. The zero-order valence-electron chi connectivity index (χ0n) is 14.9. The Morgan fingerprint density at radius 2 is 2.16 bits per heavy atom. The van der Waals surface area contributed by atoms with Crippen LogP contribution in [0, 0.1) is 17.8 Å². The van der Waals surface area contributed by atoms with Gasteiger partial charge in [0.1, 0.15) is 0 Å². The van der Waals surface area contributed by atoms with Crippen LogP contribution in [0.2, 0.25) is 0 Å². The van der Waals surface area contributed by atoms with Crippen molar-refractivity contribution in [3.8, 4) is 0 Å². The van der Waals surface area contributed by atoms with Crippen molar-refractivity contribution in [1.29, 1.82) is 0 Å². The number of nitrogens with one attached hydrogen (secondary N) is 1. The summed E-state index contributed by atoms with van der Waals surface area (Å²) in [5.74, 6) is 1.01. The molecule has 4 atom stereocenters. The SMILES string of the molecule is CC(=O)C1=CN(CCc2c[nH]c3ccccc23)C[C@@H]2[C@@H](C)[C@@H](O)C[C@H]12. The fourth-order valence-electron chi connectivity index (χ4n) is 4.68. The highest BCUT2D eigenvalue weighted by molar-refractivity contribution is 5.94. The number of hydrogen-bond donors (Lipinski definition) is 2. The number of para-hydroxylation sites is 1. The first kappa shape index (κ1) is 16.4. The number of H-pyrrole nitrogens is 1. The van der Waals surface area contributed by atoms with Gasteiger partial charge in [-0.15, -0.1) is 0 Å². The monoisotopic (exact) mass is 338 g/mol. The summed E-state index contributed by atoms with van der Waals surface area (Å²) in [5.41, 5.74) is 3.39. The highest BCUT2D eigenvalue weighted by Gasteiger charge is 2.45. The van der Waals surface area contributed by atoms with Crippen LogP contribution in [0.15, 0.2) is 42.2 Å². The van der Waals surface area contributed by atoms with Crippen LogP contribution >= 0.6 is 0 Å². The van der Waals surface area contributed by atoms with E-state index < -0.39 is 0 Å². The van der Waals surface area contributed by atoms with Crippen LogP contribution in [0.25, 0.3) is 10.9 Å². The van der Waals surface area contributed by atoms with Gasteiger partial charge >= 0.3 is 0 Å². The number of carbonyl (C=O) groups is 1. The molecule has 0 amide bonds. The molecule has 0 bridgehead atoms. The molecule has 2 heterocycles. The molecule has 4 nitrogen and oxygen atoms in total. The summed E-state index contributed by atoms with van der Waals surface area (Å²) in [4.78, 5) is 17.7. The van der Waals surface area contributed by atoms with Gasteiger partial charge in [-0.25, -0.2) is 0 Å². The van der Waals surface area contributed by atoms with Crippen LogP contribution in [-0.4, -0.2) is 40.0 Å². The van der Waals surface area contributed by atoms with Gasteiger partial charge < -0.3 is 15.0 Å². The first-order chi connectivity index (χ1) is 12.0. The molecule has 132 valence electrons. The van der Waals surface area contributed by atoms with E-state index in [2.05, 4.69) is 47.4 Å². The van der Waals surface area contributed by atoms with Crippen molar-refractivity contribution in [3.63, 3.8) is 0 Å². The first-order valence-electron chi connectivity index (χ1n) is 9.24. The Hall–Kier alpha value is -2.07. The molecule has 1 aliphatic heterocycles. The summed E-state index contributed by atoms with van der Waals surface area (Å²) in [5, 5.41) is 11.5. The lowest BCUT2D eigenvalue weighted by Crippen LogP contribution is -2.38. The van der Waals surface area contributed by atoms with E-state index in [4.69, 9.17) is 0 Å². The molecule has 0 radical (unpaired) electrons. The summed E-state index contributed by atoms with van der Waals surface area (Å²) < 4.78 is 0. The highest BCUT2D eigenvalue weighted by Crippen LogP contribution is 2.44. The molecule has 4 heteroatoms. The van der Waals surface area contributed by atoms with Crippen molar-refractivity contribution in [2.45, 2.75) is 32.8 Å². The third kappa shape index (κ3) is 2.89. The maximum absolute atomic E-state index is 12.1. The molecule has 4 rings (SSSR count). The van der Waals surface area contributed by atoms with Crippen LogP contribution < -0.4 is 0 Å². The summed E-state index contributed by atoms with van der Waals surface area (Å²) >= 11 is 0. The number of nitrogens with zero attached hydrogens (tertiary/aromatic N) is 1. The van der Waals surface area contributed by atoms with Gasteiger partial charge in [0, 0.05) is 42.0 Å². The van der Waals surface area contributed by atoms with Crippen LogP contribution in [0.1, 0.15) is 25.8 Å². The Morgan fingerprint density at radius 1 is 1.36 bits per heavy atom. The first-order valence-corrected chi connectivity index (χ1v) is 9.24. The molecule has 1 aliphatic carbocycles. The normalized spacial score (nSPS) is 28.9. The molecule has 1 aromatic carbocycles. The van der Waals surface area contributed by atoms with Crippen LogP contribution in [-0.2, 0) is 11.2 Å². The second-order valence-electron chi connectivity index (χ2n) is 7.68. The maximum atomic E-state index is 12.1. The Morgan fingerprint density at radius 3 is 2.96 bits per heavy atom. The predicted octanol–water partition coefficient (Wildman–Crippen LogP) is 3.13. The molecule has 25 heavy (non-hydrogen) atoms. The average Bonchev–Trinajstić information content (AvgIpc) is 3.14. The lowest BCUT2D eigenvalue weighted by molar-refractivity contribution is -0.114. The zero-order chi connectivity index (χ0) is 17.6. The van der Waals surface area contributed by atoms with E-state index in [9.17, 15) is 9.90 Å². The van der Waals surface area contributed by atoms with Crippen molar-refractivity contribution >= 4 is 16.7 Å². The van der Waals surface area contributed by atoms with Crippen molar-refractivity contribution in [2.24, 2.45) is 17.8 Å². The van der Waals surface area contributed by atoms with E-state index in [1.165, 1.54) is 16.5 Å². The maximum Gasteiger partial charge on any atom is 0.157 e. The lowest BCUT2D eigenvalue weighted by Gasteiger charge is -2.36. The minimum atomic E-state index is -0.286. The molecule has 2 N–H and O–H groups in total. The van der Waals surface area contributed by atoms with Crippen LogP contribution in [0.5, 0.6) is 0 Å². The summed E-state index contributed by atoms with van der Waals surface area (Å²) in [6.07, 6.45) is 5.54. The zero-order valence-corrected chi connectivity index (χ0v) is 14.9. The summed E-state index contributed by atoms with van der Waals surface area (Å²) in [6.45, 7) is 5.60. The smallest absolute Gasteiger partial charge is 0.157 e. The van der Waals surface area contributed by atoms with E-state index in [1.807, 2.05) is 6.07 Å². The number of aliphatic hydroxyl groups excluding tert-OH is 1. The number of rotatable bonds is 4. The third-order valence-electron chi connectivity index (χ3n) is 6.21.